The van der Waals surface area contributed by atoms with Crippen molar-refractivity contribution >= 4 is 22.8 Å². The van der Waals surface area contributed by atoms with Gasteiger partial charge < -0.3 is 9.47 Å². The van der Waals surface area contributed by atoms with Crippen LogP contribution >= 0.6 is 11.6 Å². The third-order valence-electron chi connectivity index (χ3n) is 2.07. The summed E-state index contributed by atoms with van der Waals surface area (Å²) in [4.78, 5) is 22.3. The van der Waals surface area contributed by atoms with Crippen LogP contribution in [0.4, 0.5) is 0 Å². The highest BCUT2D eigenvalue weighted by molar-refractivity contribution is 6.67. The van der Waals surface area contributed by atoms with Crippen LogP contribution in [0.5, 0.6) is 11.5 Å². The number of halogens is 1. The van der Waals surface area contributed by atoms with E-state index in [4.69, 9.17) is 21.1 Å². The molecule has 0 aromatic heterocycles. The lowest BCUT2D eigenvalue weighted by Crippen LogP contribution is -2.08. The van der Waals surface area contributed by atoms with E-state index in [-0.39, 0.29) is 11.7 Å². The summed E-state index contributed by atoms with van der Waals surface area (Å²) in [5.41, 5.74) is 0.291. The summed E-state index contributed by atoms with van der Waals surface area (Å²) in [6.07, 6.45) is 1.04. The van der Waals surface area contributed by atoms with Crippen LogP contribution in [-0.4, -0.2) is 18.3 Å². The van der Waals surface area contributed by atoms with E-state index in [1.54, 1.807) is 0 Å². The summed E-state index contributed by atoms with van der Waals surface area (Å²) < 4.78 is 10.1. The van der Waals surface area contributed by atoms with E-state index in [2.05, 4.69) is 0 Å². The van der Waals surface area contributed by atoms with Gasteiger partial charge in [0.2, 0.25) is 0 Å². The lowest BCUT2D eigenvalue weighted by molar-refractivity contribution is -0.134. The minimum absolute atomic E-state index is 0.285. The second-order valence-corrected chi connectivity index (χ2v) is 3.71. The molecule has 17 heavy (non-hydrogen) atoms. The van der Waals surface area contributed by atoms with Gasteiger partial charge in [0.1, 0.15) is 0 Å². The lowest BCUT2D eigenvalue weighted by atomic mass is 10.2. The predicted molar refractivity (Wildman–Crippen MR) is 63.7 cm³/mol. The molecular weight excluding hydrogens is 244 g/mol. The normalized spacial score (nSPS) is 9.82. The molecule has 1 rings (SSSR count). The van der Waals surface area contributed by atoms with Gasteiger partial charge in [0.05, 0.1) is 7.11 Å². The number of carbonyl (C=O) groups excluding carboxylic acids is 2. The van der Waals surface area contributed by atoms with Gasteiger partial charge in [0, 0.05) is 12.0 Å². The zero-order chi connectivity index (χ0) is 12.8. The van der Waals surface area contributed by atoms with Crippen LogP contribution in [0.3, 0.4) is 0 Å². The van der Waals surface area contributed by atoms with Crippen LogP contribution in [0.2, 0.25) is 0 Å². The van der Waals surface area contributed by atoms with Crippen LogP contribution in [-0.2, 0) is 4.79 Å². The van der Waals surface area contributed by atoms with Crippen molar-refractivity contribution in [2.24, 2.45) is 0 Å². The molecule has 0 aliphatic heterocycles. The maximum absolute atomic E-state index is 11.3. The van der Waals surface area contributed by atoms with Crippen LogP contribution in [0.25, 0.3) is 0 Å². The summed E-state index contributed by atoms with van der Waals surface area (Å²) in [5, 5.41) is -0.588. The van der Waals surface area contributed by atoms with Crippen molar-refractivity contribution in [3.63, 3.8) is 0 Å². The molecule has 0 bridgehead atoms. The molecule has 1 aromatic carbocycles. The lowest BCUT2D eigenvalue weighted by Gasteiger charge is -2.09. The maximum atomic E-state index is 11.3. The van der Waals surface area contributed by atoms with Crippen molar-refractivity contribution in [3.8, 4) is 11.5 Å². The molecule has 0 aliphatic rings. The summed E-state index contributed by atoms with van der Waals surface area (Å²) in [5.74, 6) is 0.254. The van der Waals surface area contributed by atoms with Crippen molar-refractivity contribution in [2.75, 3.05) is 7.11 Å². The number of hydrogen-bond donors (Lipinski definition) is 0. The fourth-order valence-electron chi connectivity index (χ4n) is 1.25. The Morgan fingerprint density at radius 2 is 2.00 bits per heavy atom. The predicted octanol–water partition coefficient (Wildman–Crippen LogP) is 2.78. The number of rotatable bonds is 5. The van der Waals surface area contributed by atoms with E-state index in [1.807, 2.05) is 6.92 Å². The zero-order valence-electron chi connectivity index (χ0n) is 9.66. The van der Waals surface area contributed by atoms with Crippen molar-refractivity contribution < 1.29 is 19.1 Å². The molecule has 0 radical (unpaired) electrons. The molecular formula is C12H13ClO4. The topological polar surface area (TPSA) is 52.6 Å². The zero-order valence-corrected chi connectivity index (χ0v) is 10.4. The Morgan fingerprint density at radius 3 is 2.53 bits per heavy atom. The molecule has 0 saturated heterocycles. The molecule has 0 unspecified atom stereocenters. The number of carbonyl (C=O) groups is 2. The van der Waals surface area contributed by atoms with Crippen LogP contribution in [0.1, 0.15) is 30.1 Å². The molecule has 0 aliphatic carbocycles. The van der Waals surface area contributed by atoms with Gasteiger partial charge in [-0.15, -0.1) is 0 Å². The summed E-state index contributed by atoms with van der Waals surface area (Å²) in [6, 6.07) is 4.40. The van der Waals surface area contributed by atoms with E-state index < -0.39 is 5.24 Å². The first-order valence-corrected chi connectivity index (χ1v) is 5.54. The third-order valence-corrected chi connectivity index (χ3v) is 2.29. The highest BCUT2D eigenvalue weighted by atomic mass is 35.5. The molecule has 0 N–H and O–H groups in total. The molecule has 0 fully saturated rings. The summed E-state index contributed by atoms with van der Waals surface area (Å²) in [7, 11) is 1.43. The average molecular weight is 257 g/mol. The van der Waals surface area contributed by atoms with E-state index in [9.17, 15) is 9.59 Å². The van der Waals surface area contributed by atoms with Crippen molar-refractivity contribution in [1.82, 2.24) is 0 Å². The highest BCUT2D eigenvalue weighted by Gasteiger charge is 2.12. The quantitative estimate of drug-likeness (QED) is 0.462. The smallest absolute Gasteiger partial charge is 0.311 e. The van der Waals surface area contributed by atoms with Gasteiger partial charge >= 0.3 is 5.97 Å². The second kappa shape index (κ2) is 6.25. The SMILES string of the molecule is CCCC(=O)Oc1ccc(C(=O)Cl)cc1OC. The fraction of sp³-hybridized carbons (Fsp3) is 0.333. The Kier molecular flexibility index (Phi) is 4.97. The van der Waals surface area contributed by atoms with E-state index in [0.717, 1.165) is 0 Å². The molecule has 92 valence electrons. The Bertz CT molecular complexity index is 429. The van der Waals surface area contributed by atoms with E-state index in [0.29, 0.717) is 24.2 Å². The minimum atomic E-state index is -0.588. The minimum Gasteiger partial charge on any atom is -0.493 e. The van der Waals surface area contributed by atoms with Crippen LogP contribution in [0.15, 0.2) is 18.2 Å². The Balaban J connectivity index is 2.92. The monoisotopic (exact) mass is 256 g/mol. The van der Waals surface area contributed by atoms with E-state index >= 15 is 0 Å². The van der Waals surface area contributed by atoms with Crippen LogP contribution < -0.4 is 9.47 Å². The first kappa shape index (κ1) is 13.5. The number of benzene rings is 1. The number of methoxy groups -OCH3 is 1. The third kappa shape index (κ3) is 3.75. The maximum Gasteiger partial charge on any atom is 0.311 e. The van der Waals surface area contributed by atoms with Crippen molar-refractivity contribution in [3.05, 3.63) is 23.8 Å². The Morgan fingerprint density at radius 1 is 1.29 bits per heavy atom. The molecule has 0 spiro atoms. The van der Waals surface area contributed by atoms with Gasteiger partial charge in [0.15, 0.2) is 11.5 Å². The second-order valence-electron chi connectivity index (χ2n) is 3.36. The Labute approximate surface area is 104 Å². The van der Waals surface area contributed by atoms with Gasteiger partial charge in [-0.1, -0.05) is 6.92 Å². The van der Waals surface area contributed by atoms with Gasteiger partial charge in [-0.2, -0.15) is 0 Å². The molecule has 0 amide bonds. The molecule has 0 atom stereocenters. The van der Waals surface area contributed by atoms with Crippen molar-refractivity contribution in [2.45, 2.75) is 19.8 Å². The first-order chi connectivity index (χ1) is 8.08. The highest BCUT2D eigenvalue weighted by Crippen LogP contribution is 2.29. The van der Waals surface area contributed by atoms with E-state index in [1.165, 1.54) is 25.3 Å². The molecule has 4 nitrogen and oxygen atoms in total. The summed E-state index contributed by atoms with van der Waals surface area (Å²) >= 11 is 5.34. The van der Waals surface area contributed by atoms with Crippen molar-refractivity contribution in [1.29, 1.82) is 0 Å². The van der Waals surface area contributed by atoms with Gasteiger partial charge in [0.25, 0.3) is 5.24 Å². The Hall–Kier alpha value is -1.55. The number of hydrogen-bond acceptors (Lipinski definition) is 4. The molecule has 0 heterocycles. The molecule has 1 aromatic rings. The first-order valence-electron chi connectivity index (χ1n) is 5.17. The summed E-state index contributed by atoms with van der Waals surface area (Å²) in [6.45, 7) is 1.88. The van der Waals surface area contributed by atoms with Gasteiger partial charge in [-0.25, -0.2) is 0 Å². The van der Waals surface area contributed by atoms with Gasteiger partial charge in [-0.3, -0.25) is 9.59 Å². The fourth-order valence-corrected chi connectivity index (χ4v) is 1.37. The number of ether oxygens (including phenoxy) is 2. The molecule has 0 saturated carbocycles. The standard InChI is InChI=1S/C12H13ClO4/c1-3-4-11(14)17-9-6-5-8(12(13)15)7-10(9)16-2/h5-7H,3-4H2,1-2H3. The average Bonchev–Trinajstić information content (AvgIpc) is 2.29. The number of esters is 1. The molecule has 5 heteroatoms. The largest absolute Gasteiger partial charge is 0.493 e. The van der Waals surface area contributed by atoms with Gasteiger partial charge in [-0.05, 0) is 36.2 Å². The van der Waals surface area contributed by atoms with Crippen LogP contribution in [0, 0.1) is 0 Å².